The van der Waals surface area contributed by atoms with Crippen LogP contribution in [0.2, 0.25) is 0 Å². The van der Waals surface area contributed by atoms with Crippen LogP contribution in [0, 0.1) is 0 Å². The van der Waals surface area contributed by atoms with Gasteiger partial charge in [0, 0.05) is 17.2 Å². The first-order chi connectivity index (χ1) is 11.2. The van der Waals surface area contributed by atoms with Crippen molar-refractivity contribution < 1.29 is 0 Å². The molecule has 0 aromatic carbocycles. The van der Waals surface area contributed by atoms with E-state index in [9.17, 15) is 4.79 Å². The molecule has 4 rings (SSSR count). The molecule has 9 heteroatoms. The van der Waals surface area contributed by atoms with Crippen molar-refractivity contribution in [1.82, 2.24) is 24.6 Å². The second-order valence-corrected chi connectivity index (χ2v) is 7.64. The van der Waals surface area contributed by atoms with Crippen molar-refractivity contribution in [3.63, 3.8) is 0 Å². The quantitative estimate of drug-likeness (QED) is 0.411. The van der Waals surface area contributed by atoms with Crippen LogP contribution in [-0.2, 0) is 12.2 Å². The van der Waals surface area contributed by atoms with Crippen molar-refractivity contribution in [3.8, 4) is 0 Å². The fraction of sp³-hybridized carbons (Fsp3) is 0.214. The first-order valence-corrected chi connectivity index (χ1v) is 9.62. The van der Waals surface area contributed by atoms with E-state index >= 15 is 0 Å². The van der Waals surface area contributed by atoms with Gasteiger partial charge in [-0.2, -0.15) is 9.61 Å². The highest BCUT2D eigenvalue weighted by molar-refractivity contribution is 7.98. The number of thiophene rings is 1. The van der Waals surface area contributed by atoms with Gasteiger partial charge in [-0.15, -0.1) is 11.3 Å². The van der Waals surface area contributed by atoms with E-state index in [1.165, 1.54) is 15.9 Å². The van der Waals surface area contributed by atoms with Gasteiger partial charge >= 0.3 is 0 Å². The van der Waals surface area contributed by atoms with Crippen molar-refractivity contribution in [2.45, 2.75) is 24.1 Å². The Bertz CT molecular complexity index is 1050. The Kier molecular flexibility index (Phi) is 3.83. The average molecular weight is 361 g/mol. The Morgan fingerprint density at radius 1 is 1.35 bits per heavy atom. The molecule has 4 aromatic rings. The molecule has 0 bridgehead atoms. The van der Waals surface area contributed by atoms with Crippen LogP contribution in [0.1, 0.15) is 17.6 Å². The molecule has 6 nitrogen and oxygen atoms in total. The number of aryl methyl sites for hydroxylation is 1. The second-order valence-electron chi connectivity index (χ2n) is 4.74. The van der Waals surface area contributed by atoms with Gasteiger partial charge in [-0.25, -0.2) is 15.0 Å². The number of nitrogens with zero attached hydrogens (tertiary/aromatic N) is 5. The molecule has 0 saturated carbocycles. The fourth-order valence-corrected chi connectivity index (χ4v) is 4.67. The predicted octanol–water partition coefficient (Wildman–Crippen LogP) is 3.01. The van der Waals surface area contributed by atoms with Gasteiger partial charge < -0.3 is 0 Å². The minimum Gasteiger partial charge on any atom is -0.267 e. The molecule has 0 aliphatic heterocycles. The number of aromatic nitrogens is 5. The summed E-state index contributed by atoms with van der Waals surface area (Å²) < 4.78 is 1.37. The summed E-state index contributed by atoms with van der Waals surface area (Å²) in [5.74, 6) is 0.590. The maximum absolute atomic E-state index is 12.1. The van der Waals surface area contributed by atoms with Crippen LogP contribution in [0.25, 0.3) is 15.2 Å². The first kappa shape index (κ1) is 14.7. The first-order valence-electron chi connectivity index (χ1n) is 6.94. The summed E-state index contributed by atoms with van der Waals surface area (Å²) in [7, 11) is 0. The topological polar surface area (TPSA) is 73.0 Å². The maximum Gasteiger partial charge on any atom is 0.275 e. The van der Waals surface area contributed by atoms with Gasteiger partial charge in [0.1, 0.15) is 21.2 Å². The zero-order valence-electron chi connectivity index (χ0n) is 12.1. The van der Waals surface area contributed by atoms with Crippen LogP contribution in [0.4, 0.5) is 0 Å². The van der Waals surface area contributed by atoms with Crippen LogP contribution in [0.3, 0.4) is 0 Å². The number of hydrogen-bond donors (Lipinski definition) is 0. The minimum absolute atomic E-state index is 0.134. The maximum atomic E-state index is 12.1. The van der Waals surface area contributed by atoms with Gasteiger partial charge in [0.25, 0.3) is 5.56 Å². The summed E-state index contributed by atoms with van der Waals surface area (Å²) in [4.78, 5) is 26.9. The summed E-state index contributed by atoms with van der Waals surface area (Å²) in [5, 5.41) is 9.14. The molecule has 0 radical (unpaired) electrons. The van der Waals surface area contributed by atoms with Crippen LogP contribution in [0.15, 0.2) is 33.7 Å². The van der Waals surface area contributed by atoms with Crippen LogP contribution in [-0.4, -0.2) is 24.6 Å². The van der Waals surface area contributed by atoms with Gasteiger partial charge in [-0.1, -0.05) is 30.0 Å². The zero-order chi connectivity index (χ0) is 15.8. The van der Waals surface area contributed by atoms with Crippen molar-refractivity contribution in [2.75, 3.05) is 0 Å². The van der Waals surface area contributed by atoms with E-state index in [-0.39, 0.29) is 5.56 Å². The standard InChI is InChI=1S/C14H11N5OS3/c1-2-10-18-19-11(20)5-8(17-14(19)23-10)6-22-13-9-3-4-21-12(9)15-7-16-13/h3-5,7H,2,6H2,1H3. The highest BCUT2D eigenvalue weighted by Gasteiger charge is 2.10. The molecule has 0 unspecified atom stereocenters. The highest BCUT2D eigenvalue weighted by Crippen LogP contribution is 2.29. The fourth-order valence-electron chi connectivity index (χ4n) is 2.14. The lowest BCUT2D eigenvalue weighted by atomic mass is 10.4. The van der Waals surface area contributed by atoms with Crippen molar-refractivity contribution in [2.24, 2.45) is 0 Å². The van der Waals surface area contributed by atoms with E-state index in [0.29, 0.717) is 10.7 Å². The van der Waals surface area contributed by atoms with E-state index < -0.39 is 0 Å². The summed E-state index contributed by atoms with van der Waals surface area (Å²) in [6.07, 6.45) is 2.37. The molecule has 0 aliphatic carbocycles. The second kappa shape index (κ2) is 5.99. The molecule has 0 N–H and O–H groups in total. The number of fused-ring (bicyclic) bond motifs is 2. The van der Waals surface area contributed by atoms with E-state index in [2.05, 4.69) is 20.1 Å². The normalized spacial score (nSPS) is 11.5. The number of rotatable bonds is 4. The van der Waals surface area contributed by atoms with Crippen molar-refractivity contribution in [1.29, 1.82) is 0 Å². The van der Waals surface area contributed by atoms with Gasteiger partial charge in [-0.3, -0.25) is 4.79 Å². The SMILES string of the molecule is CCc1nn2c(=O)cc(CSc3ncnc4sccc34)nc2s1. The average Bonchev–Trinajstić information content (AvgIpc) is 3.19. The Morgan fingerprint density at radius 2 is 2.26 bits per heavy atom. The molecular formula is C14H11N5OS3. The van der Waals surface area contributed by atoms with Crippen molar-refractivity contribution in [3.05, 3.63) is 44.9 Å². The molecule has 0 spiro atoms. The molecule has 0 saturated heterocycles. The largest absolute Gasteiger partial charge is 0.275 e. The summed E-state index contributed by atoms with van der Waals surface area (Å²) in [6, 6.07) is 3.57. The van der Waals surface area contributed by atoms with Gasteiger partial charge in [0.2, 0.25) is 4.96 Å². The van der Waals surface area contributed by atoms with Gasteiger partial charge in [-0.05, 0) is 17.9 Å². The third kappa shape index (κ3) is 2.75. The minimum atomic E-state index is -0.134. The molecule has 0 fully saturated rings. The smallest absolute Gasteiger partial charge is 0.267 e. The predicted molar refractivity (Wildman–Crippen MR) is 93.5 cm³/mol. The number of hydrogen-bond acceptors (Lipinski definition) is 8. The molecule has 4 heterocycles. The lowest BCUT2D eigenvalue weighted by Crippen LogP contribution is -2.15. The van der Waals surface area contributed by atoms with Gasteiger partial charge in [0.15, 0.2) is 0 Å². The molecule has 23 heavy (non-hydrogen) atoms. The lowest BCUT2D eigenvalue weighted by Gasteiger charge is -2.01. The third-order valence-electron chi connectivity index (χ3n) is 3.22. The molecule has 0 atom stereocenters. The molecule has 0 aliphatic rings. The summed E-state index contributed by atoms with van der Waals surface area (Å²) >= 11 is 4.62. The van der Waals surface area contributed by atoms with Crippen molar-refractivity contribution >= 4 is 49.6 Å². The highest BCUT2D eigenvalue weighted by atomic mass is 32.2. The van der Waals surface area contributed by atoms with E-state index in [1.54, 1.807) is 35.5 Å². The summed E-state index contributed by atoms with van der Waals surface area (Å²) in [6.45, 7) is 2.01. The molecule has 4 aromatic heterocycles. The van der Waals surface area contributed by atoms with E-state index in [0.717, 1.165) is 32.4 Å². The van der Waals surface area contributed by atoms with E-state index in [1.807, 2.05) is 18.4 Å². The lowest BCUT2D eigenvalue weighted by molar-refractivity contribution is 0.852. The van der Waals surface area contributed by atoms with Crippen LogP contribution in [0.5, 0.6) is 0 Å². The molecular weight excluding hydrogens is 350 g/mol. The Labute approximate surface area is 143 Å². The van der Waals surface area contributed by atoms with Gasteiger partial charge in [0.05, 0.1) is 5.69 Å². The zero-order valence-corrected chi connectivity index (χ0v) is 14.5. The summed E-state index contributed by atoms with van der Waals surface area (Å²) in [5.41, 5.74) is 0.609. The Balaban J connectivity index is 1.65. The molecule has 116 valence electrons. The Morgan fingerprint density at radius 3 is 3.13 bits per heavy atom. The van der Waals surface area contributed by atoms with Crippen LogP contribution >= 0.6 is 34.4 Å². The number of thioether (sulfide) groups is 1. The van der Waals surface area contributed by atoms with Crippen LogP contribution < -0.4 is 5.56 Å². The molecule has 0 amide bonds. The Hall–Kier alpha value is -1.84. The van der Waals surface area contributed by atoms with E-state index in [4.69, 9.17) is 0 Å². The monoisotopic (exact) mass is 361 g/mol. The third-order valence-corrected chi connectivity index (χ3v) is 6.14.